The van der Waals surface area contributed by atoms with Gasteiger partial charge in [-0.1, -0.05) is 13.8 Å². The van der Waals surface area contributed by atoms with E-state index in [9.17, 15) is 0 Å². The van der Waals surface area contributed by atoms with Crippen LogP contribution in [0.25, 0.3) is 0 Å². The first-order valence-corrected chi connectivity index (χ1v) is 5.24. The molecule has 0 heteroatoms. The van der Waals surface area contributed by atoms with E-state index in [2.05, 4.69) is 13.8 Å². The van der Waals surface area contributed by atoms with Crippen LogP contribution in [-0.2, 0) is 0 Å². The molecule has 0 radical (unpaired) electrons. The molecule has 4 atom stereocenters. The van der Waals surface area contributed by atoms with Gasteiger partial charge in [0.2, 0.25) is 0 Å². The van der Waals surface area contributed by atoms with Crippen molar-refractivity contribution in [3.05, 3.63) is 0 Å². The van der Waals surface area contributed by atoms with Crippen LogP contribution in [0.3, 0.4) is 0 Å². The molecule has 3 aliphatic carbocycles. The van der Waals surface area contributed by atoms with Crippen molar-refractivity contribution in [2.45, 2.75) is 39.5 Å². The highest BCUT2D eigenvalue weighted by atomic mass is 14.7. The van der Waals surface area contributed by atoms with Crippen LogP contribution < -0.4 is 0 Å². The molecule has 0 bridgehead atoms. The molecule has 0 saturated heterocycles. The number of rotatable bonds is 1. The molecule has 3 rings (SSSR count). The van der Waals surface area contributed by atoms with Gasteiger partial charge in [0.15, 0.2) is 0 Å². The standard InChI is InChI=1S/C11H18/c1-7(2)9-6-11-5-8(11)3-4-10(9)11/h7-10H,3-6H2,1-2H3. The van der Waals surface area contributed by atoms with Crippen molar-refractivity contribution >= 4 is 0 Å². The minimum Gasteiger partial charge on any atom is -0.0625 e. The summed E-state index contributed by atoms with van der Waals surface area (Å²) in [6.07, 6.45) is 6.36. The van der Waals surface area contributed by atoms with Gasteiger partial charge >= 0.3 is 0 Å². The molecule has 0 nitrogen and oxygen atoms in total. The van der Waals surface area contributed by atoms with E-state index in [0.29, 0.717) is 0 Å². The summed E-state index contributed by atoms with van der Waals surface area (Å²) in [6, 6.07) is 0. The summed E-state index contributed by atoms with van der Waals surface area (Å²) in [5, 5.41) is 0. The van der Waals surface area contributed by atoms with Crippen molar-refractivity contribution in [2.24, 2.45) is 29.1 Å². The molecule has 0 aromatic heterocycles. The van der Waals surface area contributed by atoms with Crippen LogP contribution in [0.5, 0.6) is 0 Å². The Labute approximate surface area is 69.4 Å². The van der Waals surface area contributed by atoms with Gasteiger partial charge in [0.1, 0.15) is 0 Å². The maximum absolute atomic E-state index is 2.41. The topological polar surface area (TPSA) is 0 Å². The first kappa shape index (κ1) is 6.51. The minimum atomic E-state index is 0.953. The fourth-order valence-corrected chi connectivity index (χ4v) is 4.07. The van der Waals surface area contributed by atoms with E-state index in [4.69, 9.17) is 0 Å². The zero-order chi connectivity index (χ0) is 7.64. The zero-order valence-corrected chi connectivity index (χ0v) is 7.64. The first-order valence-electron chi connectivity index (χ1n) is 5.24. The molecule has 4 unspecified atom stereocenters. The van der Waals surface area contributed by atoms with Crippen molar-refractivity contribution in [3.8, 4) is 0 Å². The van der Waals surface area contributed by atoms with E-state index in [0.717, 1.165) is 17.3 Å². The lowest BCUT2D eigenvalue weighted by atomic mass is 9.59. The third-order valence-corrected chi connectivity index (χ3v) is 4.83. The highest BCUT2D eigenvalue weighted by molar-refractivity contribution is 5.19. The van der Waals surface area contributed by atoms with Crippen LogP contribution in [-0.4, -0.2) is 0 Å². The van der Waals surface area contributed by atoms with Crippen LogP contribution in [0.4, 0.5) is 0 Å². The van der Waals surface area contributed by atoms with Crippen molar-refractivity contribution in [1.82, 2.24) is 0 Å². The average Bonchev–Trinajstić information content (AvgIpc) is 2.54. The maximum Gasteiger partial charge on any atom is -0.0232 e. The quantitative estimate of drug-likeness (QED) is 0.539. The second-order valence-electron chi connectivity index (χ2n) is 5.43. The van der Waals surface area contributed by atoms with Crippen molar-refractivity contribution in [1.29, 1.82) is 0 Å². The van der Waals surface area contributed by atoms with Crippen LogP contribution in [0, 0.1) is 29.1 Å². The molecule has 0 aliphatic heterocycles. The van der Waals surface area contributed by atoms with Crippen molar-refractivity contribution in [3.63, 3.8) is 0 Å². The predicted octanol–water partition coefficient (Wildman–Crippen LogP) is 3.08. The van der Waals surface area contributed by atoms with Crippen LogP contribution in [0.1, 0.15) is 39.5 Å². The molecular weight excluding hydrogens is 132 g/mol. The summed E-state index contributed by atoms with van der Waals surface area (Å²) in [6.45, 7) is 4.82. The summed E-state index contributed by atoms with van der Waals surface area (Å²) in [7, 11) is 0. The molecule has 0 aromatic carbocycles. The molecule has 3 aliphatic rings. The van der Waals surface area contributed by atoms with E-state index in [-0.39, 0.29) is 0 Å². The molecule has 62 valence electrons. The molecule has 1 spiro atoms. The summed E-state index contributed by atoms with van der Waals surface area (Å²) in [4.78, 5) is 0. The maximum atomic E-state index is 2.41. The van der Waals surface area contributed by atoms with Gasteiger partial charge in [0, 0.05) is 0 Å². The van der Waals surface area contributed by atoms with E-state index in [1.165, 1.54) is 11.8 Å². The van der Waals surface area contributed by atoms with E-state index in [1.807, 2.05) is 0 Å². The number of hydrogen-bond donors (Lipinski definition) is 0. The largest absolute Gasteiger partial charge is 0.0625 e. The monoisotopic (exact) mass is 150 g/mol. The lowest BCUT2D eigenvalue weighted by Gasteiger charge is -2.46. The van der Waals surface area contributed by atoms with Crippen molar-refractivity contribution in [2.75, 3.05) is 0 Å². The molecular formula is C11H18. The van der Waals surface area contributed by atoms with Crippen LogP contribution in [0.2, 0.25) is 0 Å². The normalized spacial score (nSPS) is 58.6. The highest BCUT2D eigenvalue weighted by Crippen LogP contribution is 2.78. The van der Waals surface area contributed by atoms with E-state index < -0.39 is 0 Å². The first-order chi connectivity index (χ1) is 5.24. The molecule has 0 heterocycles. The van der Waals surface area contributed by atoms with Gasteiger partial charge in [-0.25, -0.2) is 0 Å². The fourth-order valence-electron chi connectivity index (χ4n) is 4.07. The molecule has 3 fully saturated rings. The molecule has 0 aromatic rings. The van der Waals surface area contributed by atoms with Crippen molar-refractivity contribution < 1.29 is 0 Å². The molecule has 0 amide bonds. The lowest BCUT2D eigenvalue weighted by molar-refractivity contribution is 0.0247. The summed E-state index contributed by atoms with van der Waals surface area (Å²) in [5.41, 5.74) is 0.953. The van der Waals surface area contributed by atoms with Gasteiger partial charge in [-0.05, 0) is 54.8 Å². The Balaban J connectivity index is 1.79. The van der Waals surface area contributed by atoms with Crippen LogP contribution >= 0.6 is 0 Å². The van der Waals surface area contributed by atoms with Gasteiger partial charge < -0.3 is 0 Å². The smallest absolute Gasteiger partial charge is 0.0232 e. The summed E-state index contributed by atoms with van der Waals surface area (Å²) >= 11 is 0. The SMILES string of the molecule is CC(C)C1CC23CC2CCC13. The van der Waals surface area contributed by atoms with Gasteiger partial charge in [0.05, 0.1) is 0 Å². The minimum absolute atomic E-state index is 0.953. The Morgan fingerprint density at radius 2 is 2.00 bits per heavy atom. The van der Waals surface area contributed by atoms with E-state index in [1.54, 1.807) is 25.7 Å². The second kappa shape index (κ2) is 1.67. The van der Waals surface area contributed by atoms with Gasteiger partial charge in [-0.3, -0.25) is 0 Å². The van der Waals surface area contributed by atoms with Gasteiger partial charge in [-0.2, -0.15) is 0 Å². The fraction of sp³-hybridized carbons (Fsp3) is 1.00. The average molecular weight is 150 g/mol. The van der Waals surface area contributed by atoms with E-state index >= 15 is 0 Å². The molecule has 0 N–H and O–H groups in total. The Morgan fingerprint density at radius 3 is 2.55 bits per heavy atom. The predicted molar refractivity (Wildman–Crippen MR) is 46.2 cm³/mol. The Hall–Kier alpha value is 0. The molecule has 11 heavy (non-hydrogen) atoms. The van der Waals surface area contributed by atoms with Gasteiger partial charge in [0.25, 0.3) is 0 Å². The highest BCUT2D eigenvalue weighted by Gasteiger charge is 2.70. The summed E-state index contributed by atoms with van der Waals surface area (Å²) in [5.74, 6) is 4.45. The zero-order valence-electron chi connectivity index (χ0n) is 7.64. The summed E-state index contributed by atoms with van der Waals surface area (Å²) < 4.78 is 0. The number of hydrogen-bond acceptors (Lipinski definition) is 0. The third-order valence-electron chi connectivity index (χ3n) is 4.83. The Kier molecular flexibility index (Phi) is 0.990. The Bertz CT molecular complexity index is 192. The second-order valence-corrected chi connectivity index (χ2v) is 5.43. The van der Waals surface area contributed by atoms with Gasteiger partial charge in [-0.15, -0.1) is 0 Å². The Morgan fingerprint density at radius 1 is 1.18 bits per heavy atom. The molecule has 3 saturated carbocycles. The van der Waals surface area contributed by atoms with Crippen LogP contribution in [0.15, 0.2) is 0 Å². The lowest BCUT2D eigenvalue weighted by Crippen LogP contribution is -2.39. The third kappa shape index (κ3) is 0.588.